The van der Waals surface area contributed by atoms with E-state index in [1.807, 2.05) is 0 Å². The van der Waals surface area contributed by atoms with E-state index in [2.05, 4.69) is 59.3 Å². The van der Waals surface area contributed by atoms with Gasteiger partial charge < -0.3 is 0 Å². The van der Waals surface area contributed by atoms with Crippen LogP contribution in [0.1, 0.15) is 54.0 Å². The van der Waals surface area contributed by atoms with Gasteiger partial charge in [-0.1, -0.05) is 53.5 Å². The van der Waals surface area contributed by atoms with Crippen LogP contribution < -0.4 is 0 Å². The molecule has 0 radical (unpaired) electrons. The molecule has 3 rings (SSSR count). The molecule has 21 heavy (non-hydrogen) atoms. The Morgan fingerprint density at radius 3 is 2.43 bits per heavy atom. The normalized spacial score (nSPS) is 14.0. The lowest BCUT2D eigenvalue weighted by atomic mass is 9.86. The number of fused-ring (bicyclic) bond motifs is 1. The molecule has 0 aliphatic heterocycles. The zero-order chi connectivity index (χ0) is 14.7. The van der Waals surface area contributed by atoms with Crippen LogP contribution >= 0.6 is 15.9 Å². The number of benzene rings is 2. The Balaban J connectivity index is 1.85. The lowest BCUT2D eigenvalue weighted by Gasteiger charge is -2.20. The van der Waals surface area contributed by atoms with Crippen LogP contribution in [0.5, 0.6) is 0 Å². The quantitative estimate of drug-likeness (QED) is 0.651. The summed E-state index contributed by atoms with van der Waals surface area (Å²) in [5, 5.41) is 0. The highest BCUT2D eigenvalue weighted by molar-refractivity contribution is 9.10. The number of hydrogen-bond donors (Lipinski definition) is 0. The topological polar surface area (TPSA) is 0 Å². The molecule has 0 heterocycles. The molecular weight excluding hydrogens is 320 g/mol. The fraction of sp³-hybridized carbons (Fsp3) is 0.400. The van der Waals surface area contributed by atoms with E-state index in [0.717, 1.165) is 6.42 Å². The second-order valence-electron chi connectivity index (χ2n) is 6.15. The summed E-state index contributed by atoms with van der Waals surface area (Å²) in [7, 11) is 0. The first kappa shape index (κ1) is 14.8. The molecule has 0 saturated heterocycles. The molecule has 0 aromatic heterocycles. The molecule has 0 bridgehead atoms. The van der Waals surface area contributed by atoms with Crippen LogP contribution in [0.2, 0.25) is 0 Å². The van der Waals surface area contributed by atoms with Crippen molar-refractivity contribution >= 4 is 15.9 Å². The third-order valence-electron chi connectivity index (χ3n) is 4.48. The van der Waals surface area contributed by atoms with Crippen molar-refractivity contribution in [1.29, 1.82) is 0 Å². The van der Waals surface area contributed by atoms with Gasteiger partial charge in [0.05, 0.1) is 0 Å². The van der Waals surface area contributed by atoms with E-state index >= 15 is 0 Å². The van der Waals surface area contributed by atoms with Crippen LogP contribution in [0, 0.1) is 0 Å². The highest BCUT2D eigenvalue weighted by atomic mass is 79.9. The molecule has 0 fully saturated rings. The lowest BCUT2D eigenvalue weighted by Crippen LogP contribution is -2.07. The minimum absolute atomic E-state index is 1.06. The summed E-state index contributed by atoms with van der Waals surface area (Å²) < 4.78 is 1.24. The third-order valence-corrected chi connectivity index (χ3v) is 4.94. The van der Waals surface area contributed by atoms with Crippen molar-refractivity contribution in [3.05, 3.63) is 68.7 Å². The van der Waals surface area contributed by atoms with Crippen LogP contribution in [0.15, 0.2) is 40.9 Å². The molecule has 0 N–H and O–H groups in total. The fourth-order valence-corrected chi connectivity index (χ4v) is 3.96. The molecule has 0 nitrogen and oxygen atoms in total. The second-order valence-corrected chi connectivity index (χ2v) is 7.07. The summed E-state index contributed by atoms with van der Waals surface area (Å²) >= 11 is 3.69. The number of halogens is 1. The number of rotatable bonds is 4. The van der Waals surface area contributed by atoms with Gasteiger partial charge in [0.25, 0.3) is 0 Å². The Hall–Kier alpha value is -1.08. The van der Waals surface area contributed by atoms with Crippen LogP contribution in [0.3, 0.4) is 0 Å². The average molecular weight is 343 g/mol. The summed E-state index contributed by atoms with van der Waals surface area (Å²) in [5.74, 6) is 0. The van der Waals surface area contributed by atoms with Crippen molar-refractivity contribution in [2.45, 2.75) is 51.9 Å². The Labute approximate surface area is 136 Å². The van der Waals surface area contributed by atoms with Gasteiger partial charge in [0.2, 0.25) is 0 Å². The first-order valence-electron chi connectivity index (χ1n) is 8.14. The Morgan fingerprint density at radius 1 is 0.952 bits per heavy atom. The van der Waals surface area contributed by atoms with Crippen LogP contribution in [0.4, 0.5) is 0 Å². The van der Waals surface area contributed by atoms with E-state index in [4.69, 9.17) is 0 Å². The zero-order valence-electron chi connectivity index (χ0n) is 12.8. The van der Waals surface area contributed by atoms with Gasteiger partial charge in [-0.15, -0.1) is 0 Å². The van der Waals surface area contributed by atoms with Gasteiger partial charge >= 0.3 is 0 Å². The summed E-state index contributed by atoms with van der Waals surface area (Å²) in [6.45, 7) is 2.24. The van der Waals surface area contributed by atoms with Crippen molar-refractivity contribution in [3.8, 4) is 0 Å². The minimum atomic E-state index is 1.06. The largest absolute Gasteiger partial charge is 0.0651 e. The van der Waals surface area contributed by atoms with E-state index < -0.39 is 0 Å². The van der Waals surface area contributed by atoms with Crippen molar-refractivity contribution in [2.75, 3.05) is 0 Å². The molecule has 0 spiro atoms. The summed E-state index contributed by atoms with van der Waals surface area (Å²) in [6, 6.07) is 13.8. The maximum Gasteiger partial charge on any atom is 0.0181 e. The Morgan fingerprint density at radius 2 is 1.67 bits per heavy atom. The van der Waals surface area contributed by atoms with Gasteiger partial charge in [-0.25, -0.2) is 0 Å². The van der Waals surface area contributed by atoms with Gasteiger partial charge in [0.1, 0.15) is 0 Å². The van der Waals surface area contributed by atoms with Gasteiger partial charge in [-0.2, -0.15) is 0 Å². The fourth-order valence-electron chi connectivity index (χ4n) is 3.41. The smallest absolute Gasteiger partial charge is 0.0181 e. The molecule has 0 amide bonds. The van der Waals surface area contributed by atoms with Crippen molar-refractivity contribution in [2.24, 2.45) is 0 Å². The van der Waals surface area contributed by atoms with E-state index in [9.17, 15) is 0 Å². The van der Waals surface area contributed by atoms with Crippen molar-refractivity contribution in [3.63, 3.8) is 0 Å². The Bertz CT molecular complexity index is 610. The molecule has 2 aromatic carbocycles. The van der Waals surface area contributed by atoms with Gasteiger partial charge in [0.15, 0.2) is 0 Å². The second kappa shape index (κ2) is 6.79. The standard InChI is InChI=1S/C20H23Br/c1-2-5-15-8-10-16(11-9-15)12-18-14-19(21)13-17-6-3-4-7-20(17)18/h8-11,13-14H,2-7,12H2,1H3. The predicted octanol–water partition coefficient (Wildman–Crippen LogP) is 5.87. The van der Waals surface area contributed by atoms with E-state index in [1.54, 1.807) is 11.1 Å². The van der Waals surface area contributed by atoms with Gasteiger partial charge in [-0.05, 0) is 78.5 Å². The molecule has 1 heteroatoms. The third kappa shape index (κ3) is 3.58. The zero-order valence-corrected chi connectivity index (χ0v) is 14.4. The molecule has 1 aliphatic carbocycles. The number of hydrogen-bond acceptors (Lipinski definition) is 0. The van der Waals surface area contributed by atoms with E-state index in [0.29, 0.717) is 0 Å². The summed E-state index contributed by atoms with van der Waals surface area (Å²) in [5.41, 5.74) is 7.58. The number of aryl methyl sites for hydroxylation is 2. The summed E-state index contributed by atoms with van der Waals surface area (Å²) in [6.07, 6.45) is 8.66. The van der Waals surface area contributed by atoms with Crippen LogP contribution in [0.25, 0.3) is 0 Å². The molecule has 0 saturated carbocycles. The predicted molar refractivity (Wildman–Crippen MR) is 94.0 cm³/mol. The molecule has 0 atom stereocenters. The Kier molecular flexibility index (Phi) is 4.80. The molecule has 1 aliphatic rings. The van der Waals surface area contributed by atoms with Crippen molar-refractivity contribution in [1.82, 2.24) is 0 Å². The average Bonchev–Trinajstić information content (AvgIpc) is 2.49. The molecule has 110 valence electrons. The summed E-state index contributed by atoms with van der Waals surface area (Å²) in [4.78, 5) is 0. The van der Waals surface area contributed by atoms with Crippen LogP contribution in [-0.2, 0) is 25.7 Å². The minimum Gasteiger partial charge on any atom is -0.0651 e. The highest BCUT2D eigenvalue weighted by Gasteiger charge is 2.14. The first-order valence-corrected chi connectivity index (χ1v) is 8.93. The maximum absolute atomic E-state index is 3.69. The van der Waals surface area contributed by atoms with Gasteiger partial charge in [0, 0.05) is 4.47 Å². The van der Waals surface area contributed by atoms with Gasteiger partial charge in [-0.3, -0.25) is 0 Å². The highest BCUT2D eigenvalue weighted by Crippen LogP contribution is 2.29. The van der Waals surface area contributed by atoms with Crippen molar-refractivity contribution < 1.29 is 0 Å². The molecular formula is C20H23Br. The lowest BCUT2D eigenvalue weighted by molar-refractivity contribution is 0.679. The first-order chi connectivity index (χ1) is 10.3. The van der Waals surface area contributed by atoms with E-state index in [1.165, 1.54) is 59.7 Å². The molecule has 2 aromatic rings. The van der Waals surface area contributed by atoms with E-state index in [-0.39, 0.29) is 0 Å². The monoisotopic (exact) mass is 342 g/mol. The van der Waals surface area contributed by atoms with Crippen LogP contribution in [-0.4, -0.2) is 0 Å². The SMILES string of the molecule is CCCc1ccc(Cc2cc(Br)cc3c2CCCC3)cc1. The molecule has 0 unspecified atom stereocenters. The maximum atomic E-state index is 3.69.